The van der Waals surface area contributed by atoms with E-state index in [4.69, 9.17) is 10.2 Å². The molecule has 0 fully saturated rings. The summed E-state index contributed by atoms with van der Waals surface area (Å²) in [4.78, 5) is 9.62. The van der Waals surface area contributed by atoms with Gasteiger partial charge in [-0.3, -0.25) is 10.1 Å². The van der Waals surface area contributed by atoms with Gasteiger partial charge in [0, 0.05) is 13.0 Å². The van der Waals surface area contributed by atoms with Crippen molar-refractivity contribution in [3.05, 3.63) is 34.2 Å². The second kappa shape index (κ2) is 4.77. The number of rotatable bonds is 4. The zero-order chi connectivity index (χ0) is 14.9. The second-order valence-corrected chi connectivity index (χ2v) is 5.39. The van der Waals surface area contributed by atoms with Crippen molar-refractivity contribution in [2.24, 2.45) is 0 Å². The zero-order valence-corrected chi connectivity index (χ0v) is 10.9. The van der Waals surface area contributed by atoms with E-state index in [0.717, 1.165) is 18.2 Å². The molecule has 1 aromatic heterocycles. The number of hydrogen-bond donors (Lipinski definition) is 2. The van der Waals surface area contributed by atoms with Crippen molar-refractivity contribution in [2.45, 2.75) is 11.8 Å². The van der Waals surface area contributed by atoms with Crippen LogP contribution in [0.5, 0.6) is 0 Å². The van der Waals surface area contributed by atoms with E-state index in [0.29, 0.717) is 0 Å². The minimum atomic E-state index is -4.08. The summed E-state index contributed by atoms with van der Waals surface area (Å²) in [5.41, 5.74) is 4.75. The quantitative estimate of drug-likeness (QED) is 0.474. The van der Waals surface area contributed by atoms with E-state index >= 15 is 0 Å². The number of aromatic nitrogens is 2. The maximum Gasteiger partial charge on any atom is 0.329 e. The van der Waals surface area contributed by atoms with Gasteiger partial charge in [0.05, 0.1) is 9.82 Å². The third-order valence-corrected chi connectivity index (χ3v) is 3.57. The topological polar surface area (TPSA) is 154 Å². The van der Waals surface area contributed by atoms with Gasteiger partial charge < -0.3 is 10.2 Å². The third kappa shape index (κ3) is 2.66. The predicted octanol–water partition coefficient (Wildman–Crippen LogP) is 0.669. The van der Waals surface area contributed by atoms with E-state index in [1.165, 1.54) is 6.92 Å². The van der Waals surface area contributed by atoms with Crippen LogP contribution in [0.1, 0.15) is 5.89 Å². The van der Waals surface area contributed by atoms with E-state index in [-0.39, 0.29) is 22.5 Å². The first kappa shape index (κ1) is 13.7. The zero-order valence-electron chi connectivity index (χ0n) is 10.1. The highest BCUT2D eigenvalue weighted by Crippen LogP contribution is 2.25. The molecule has 0 aliphatic rings. The number of hydrogen-bond acceptors (Lipinski definition) is 8. The van der Waals surface area contributed by atoms with E-state index < -0.39 is 20.6 Å². The number of sulfonamides is 1. The number of benzene rings is 1. The van der Waals surface area contributed by atoms with Crippen molar-refractivity contribution in [2.75, 3.05) is 10.5 Å². The Labute approximate surface area is 112 Å². The van der Waals surface area contributed by atoms with Gasteiger partial charge in [-0.15, -0.1) is 5.10 Å². The van der Waals surface area contributed by atoms with Crippen LogP contribution in [-0.4, -0.2) is 23.5 Å². The number of nitro groups is 1. The molecule has 0 amide bonds. The van der Waals surface area contributed by atoms with E-state index in [9.17, 15) is 18.5 Å². The molecule has 0 saturated carbocycles. The van der Waals surface area contributed by atoms with Crippen LogP contribution in [0, 0.1) is 17.0 Å². The SMILES string of the molecule is Cc1nnc(NS(=O)(=O)c2ccc(N)c([N+](=O)[O-])c2)o1. The van der Waals surface area contributed by atoms with Crippen LogP contribution in [0.25, 0.3) is 0 Å². The minimum Gasteiger partial charge on any atom is -0.408 e. The first-order chi connectivity index (χ1) is 9.29. The van der Waals surface area contributed by atoms with Crippen molar-refractivity contribution in [1.82, 2.24) is 10.2 Å². The molecule has 3 N–H and O–H groups in total. The molecule has 20 heavy (non-hydrogen) atoms. The Bertz CT molecular complexity index is 769. The number of nitrogen functional groups attached to an aromatic ring is 1. The van der Waals surface area contributed by atoms with Crippen LogP contribution >= 0.6 is 0 Å². The largest absolute Gasteiger partial charge is 0.408 e. The summed E-state index contributed by atoms with van der Waals surface area (Å²) in [6.07, 6.45) is 0. The van der Waals surface area contributed by atoms with Gasteiger partial charge in [0.25, 0.3) is 15.7 Å². The van der Waals surface area contributed by atoms with Gasteiger partial charge in [0.2, 0.25) is 5.89 Å². The molecule has 0 saturated heterocycles. The van der Waals surface area contributed by atoms with Crippen LogP contribution in [0.3, 0.4) is 0 Å². The summed E-state index contributed by atoms with van der Waals surface area (Å²) in [6.45, 7) is 1.48. The standard InChI is InChI=1S/C9H9N5O5S/c1-5-11-12-9(19-5)13-20(17,18)6-2-3-7(10)8(4-6)14(15)16/h2-4H,10H2,1H3,(H,12,13). The highest BCUT2D eigenvalue weighted by atomic mass is 32.2. The molecule has 2 aromatic rings. The lowest BCUT2D eigenvalue weighted by atomic mass is 10.3. The van der Waals surface area contributed by atoms with Crippen molar-refractivity contribution in [3.63, 3.8) is 0 Å². The Hall–Kier alpha value is -2.69. The molecular formula is C9H9N5O5S. The van der Waals surface area contributed by atoms with Gasteiger partial charge in [-0.2, -0.15) is 0 Å². The first-order valence-corrected chi connectivity index (χ1v) is 6.65. The summed E-state index contributed by atoms with van der Waals surface area (Å²) in [6, 6.07) is 2.78. The van der Waals surface area contributed by atoms with Gasteiger partial charge in [-0.25, -0.2) is 13.1 Å². The molecule has 106 valence electrons. The Kier molecular flexibility index (Phi) is 3.28. The van der Waals surface area contributed by atoms with Gasteiger partial charge in [0.1, 0.15) is 5.69 Å². The highest BCUT2D eigenvalue weighted by Gasteiger charge is 2.22. The highest BCUT2D eigenvalue weighted by molar-refractivity contribution is 7.92. The lowest BCUT2D eigenvalue weighted by Gasteiger charge is -2.04. The van der Waals surface area contributed by atoms with Crippen molar-refractivity contribution in [3.8, 4) is 0 Å². The Morgan fingerprint density at radius 2 is 2.10 bits per heavy atom. The molecule has 1 aromatic carbocycles. The molecular weight excluding hydrogens is 290 g/mol. The number of anilines is 2. The fraction of sp³-hybridized carbons (Fsp3) is 0.111. The average molecular weight is 299 g/mol. The number of aryl methyl sites for hydroxylation is 1. The van der Waals surface area contributed by atoms with Crippen molar-refractivity contribution in [1.29, 1.82) is 0 Å². The fourth-order valence-electron chi connectivity index (χ4n) is 1.36. The van der Waals surface area contributed by atoms with Crippen molar-refractivity contribution >= 4 is 27.4 Å². The summed E-state index contributed by atoms with van der Waals surface area (Å²) >= 11 is 0. The molecule has 2 rings (SSSR count). The van der Waals surface area contributed by atoms with Crippen LogP contribution in [0.15, 0.2) is 27.5 Å². The molecule has 0 bridgehead atoms. The Morgan fingerprint density at radius 1 is 1.40 bits per heavy atom. The second-order valence-electron chi connectivity index (χ2n) is 3.71. The third-order valence-electron chi connectivity index (χ3n) is 2.26. The Balaban J connectivity index is 2.39. The van der Waals surface area contributed by atoms with Gasteiger partial charge in [0.15, 0.2) is 0 Å². The monoisotopic (exact) mass is 299 g/mol. The predicted molar refractivity (Wildman–Crippen MR) is 67.4 cm³/mol. The lowest BCUT2D eigenvalue weighted by molar-refractivity contribution is -0.384. The molecule has 0 aliphatic heterocycles. The van der Waals surface area contributed by atoms with E-state index in [2.05, 4.69) is 10.2 Å². The number of nitrogens with zero attached hydrogens (tertiary/aromatic N) is 3. The van der Waals surface area contributed by atoms with E-state index in [1.54, 1.807) is 0 Å². The number of nitrogens with one attached hydrogen (secondary N) is 1. The molecule has 11 heteroatoms. The molecule has 0 radical (unpaired) electrons. The van der Waals surface area contributed by atoms with Gasteiger partial charge in [-0.05, 0) is 12.1 Å². The smallest absolute Gasteiger partial charge is 0.329 e. The molecule has 0 spiro atoms. The summed E-state index contributed by atoms with van der Waals surface area (Å²) in [5.74, 6) is 0.172. The summed E-state index contributed by atoms with van der Waals surface area (Å²) in [7, 11) is -4.08. The summed E-state index contributed by atoms with van der Waals surface area (Å²) in [5, 5.41) is 17.7. The van der Waals surface area contributed by atoms with Crippen LogP contribution in [0.2, 0.25) is 0 Å². The molecule has 1 heterocycles. The van der Waals surface area contributed by atoms with Crippen LogP contribution < -0.4 is 10.5 Å². The number of nitrogens with two attached hydrogens (primary N) is 1. The van der Waals surface area contributed by atoms with Crippen LogP contribution in [0.4, 0.5) is 17.4 Å². The first-order valence-electron chi connectivity index (χ1n) is 5.16. The average Bonchev–Trinajstić information content (AvgIpc) is 2.73. The lowest BCUT2D eigenvalue weighted by Crippen LogP contribution is -2.13. The summed E-state index contributed by atoms with van der Waals surface area (Å²) < 4.78 is 30.9. The molecule has 0 unspecified atom stereocenters. The van der Waals surface area contributed by atoms with E-state index in [1.807, 2.05) is 4.72 Å². The van der Waals surface area contributed by atoms with Crippen LogP contribution in [-0.2, 0) is 10.0 Å². The van der Waals surface area contributed by atoms with Gasteiger partial charge >= 0.3 is 6.01 Å². The maximum absolute atomic E-state index is 12.0. The fourth-order valence-corrected chi connectivity index (χ4v) is 2.30. The van der Waals surface area contributed by atoms with Gasteiger partial charge in [-0.1, -0.05) is 5.10 Å². The number of nitro benzene ring substituents is 1. The molecule has 0 atom stereocenters. The maximum atomic E-state index is 12.0. The normalized spacial score (nSPS) is 11.2. The molecule has 0 aliphatic carbocycles. The Morgan fingerprint density at radius 3 is 2.65 bits per heavy atom. The van der Waals surface area contributed by atoms with Crippen molar-refractivity contribution < 1.29 is 17.8 Å². The minimum absolute atomic E-state index is 0.136. The molecule has 10 nitrogen and oxygen atoms in total.